The fourth-order valence-electron chi connectivity index (χ4n) is 3.77. The van der Waals surface area contributed by atoms with Gasteiger partial charge >= 0.3 is 0 Å². The summed E-state index contributed by atoms with van der Waals surface area (Å²) in [6, 6.07) is 28.0. The van der Waals surface area contributed by atoms with Crippen LogP contribution >= 0.6 is 0 Å². The van der Waals surface area contributed by atoms with Gasteiger partial charge in [-0.2, -0.15) is 0 Å². The van der Waals surface area contributed by atoms with E-state index >= 15 is 0 Å². The first-order chi connectivity index (χ1) is 15.7. The molecule has 0 fully saturated rings. The molecule has 0 aliphatic carbocycles. The molecule has 158 valence electrons. The number of para-hydroxylation sites is 1. The molecule has 32 heavy (non-hydrogen) atoms. The van der Waals surface area contributed by atoms with Gasteiger partial charge in [-0.25, -0.2) is 0 Å². The Labute approximate surface area is 186 Å². The predicted octanol–water partition coefficient (Wildman–Crippen LogP) is 6.94. The van der Waals surface area contributed by atoms with Gasteiger partial charge in [0, 0.05) is 34.4 Å². The van der Waals surface area contributed by atoms with Crippen LogP contribution in [0, 0.1) is 0 Å². The van der Waals surface area contributed by atoms with Crippen LogP contribution in [0.2, 0.25) is 0 Å². The van der Waals surface area contributed by atoms with E-state index < -0.39 is 0 Å². The van der Waals surface area contributed by atoms with Gasteiger partial charge in [-0.05, 0) is 53.9 Å². The van der Waals surface area contributed by atoms with Gasteiger partial charge in [-0.1, -0.05) is 30.3 Å². The lowest BCUT2D eigenvalue weighted by Crippen LogP contribution is -1.94. The zero-order chi connectivity index (χ0) is 21.9. The van der Waals surface area contributed by atoms with E-state index in [1.165, 1.54) is 0 Å². The summed E-state index contributed by atoms with van der Waals surface area (Å²) in [6.45, 7) is 0. The number of anilines is 2. The van der Waals surface area contributed by atoms with Crippen molar-refractivity contribution in [2.24, 2.45) is 0 Å². The summed E-state index contributed by atoms with van der Waals surface area (Å²) in [7, 11) is 3.23. The van der Waals surface area contributed by atoms with Crippen molar-refractivity contribution in [1.82, 2.24) is 4.98 Å². The van der Waals surface area contributed by atoms with Crippen LogP contribution < -0.4 is 19.5 Å². The van der Waals surface area contributed by atoms with Crippen molar-refractivity contribution in [2.45, 2.75) is 0 Å². The molecule has 1 aromatic heterocycles. The Hall–Kier alpha value is -4.25. The van der Waals surface area contributed by atoms with Crippen LogP contribution in [0.4, 0.5) is 11.4 Å². The molecule has 0 saturated heterocycles. The average Bonchev–Trinajstić information content (AvgIpc) is 2.84. The standard InChI is InChI=1S/C27H22N2O3/c1-30-26-16-22-24(17-27(26)31-2)28-14-13-25(22)32-20-11-12-21-18(15-20)7-6-10-23(21)29-19-8-4-3-5-9-19/h3-17,29H,1-2H3. The molecule has 5 rings (SSSR count). The largest absolute Gasteiger partial charge is 0.493 e. The number of nitrogens with one attached hydrogen (secondary N) is 1. The number of nitrogens with zero attached hydrogens (tertiary/aromatic N) is 1. The SMILES string of the molecule is COc1cc2nccc(Oc3ccc4c(Nc5ccccc5)cccc4c3)c2cc1OC. The second-order valence-corrected chi connectivity index (χ2v) is 7.32. The lowest BCUT2D eigenvalue weighted by atomic mass is 10.1. The maximum absolute atomic E-state index is 6.27. The summed E-state index contributed by atoms with van der Waals surface area (Å²) >= 11 is 0. The van der Waals surface area contributed by atoms with Crippen LogP contribution in [0.5, 0.6) is 23.0 Å². The highest BCUT2D eigenvalue weighted by Gasteiger charge is 2.12. The van der Waals surface area contributed by atoms with E-state index in [9.17, 15) is 0 Å². The first kappa shape index (κ1) is 19.7. The number of ether oxygens (including phenoxy) is 3. The third kappa shape index (κ3) is 3.76. The van der Waals surface area contributed by atoms with Gasteiger partial charge in [-0.3, -0.25) is 4.98 Å². The highest BCUT2D eigenvalue weighted by atomic mass is 16.5. The summed E-state index contributed by atoms with van der Waals surface area (Å²) in [5.41, 5.74) is 2.87. The van der Waals surface area contributed by atoms with E-state index in [-0.39, 0.29) is 0 Å². The van der Waals surface area contributed by atoms with Crippen LogP contribution in [0.25, 0.3) is 21.7 Å². The fraction of sp³-hybridized carbons (Fsp3) is 0.0741. The molecule has 0 amide bonds. The van der Waals surface area contributed by atoms with Crippen molar-refractivity contribution in [1.29, 1.82) is 0 Å². The third-order valence-electron chi connectivity index (χ3n) is 5.34. The highest BCUT2D eigenvalue weighted by molar-refractivity contribution is 5.96. The zero-order valence-corrected chi connectivity index (χ0v) is 17.8. The van der Waals surface area contributed by atoms with Crippen molar-refractivity contribution in [3.63, 3.8) is 0 Å². The molecule has 1 N–H and O–H groups in total. The third-order valence-corrected chi connectivity index (χ3v) is 5.34. The molecule has 4 aromatic carbocycles. The van der Waals surface area contributed by atoms with Crippen molar-refractivity contribution in [2.75, 3.05) is 19.5 Å². The van der Waals surface area contributed by atoms with Crippen molar-refractivity contribution in [3.8, 4) is 23.0 Å². The molecule has 5 aromatic rings. The zero-order valence-electron chi connectivity index (χ0n) is 17.8. The Kier molecular flexibility index (Phi) is 5.22. The Morgan fingerprint density at radius 1 is 0.688 bits per heavy atom. The summed E-state index contributed by atoms with van der Waals surface area (Å²) in [5.74, 6) is 2.72. The number of fused-ring (bicyclic) bond motifs is 2. The van der Waals surface area contributed by atoms with Crippen molar-refractivity contribution in [3.05, 3.63) is 91.1 Å². The fourth-order valence-corrected chi connectivity index (χ4v) is 3.77. The van der Waals surface area contributed by atoms with Gasteiger partial charge in [0.25, 0.3) is 0 Å². The second-order valence-electron chi connectivity index (χ2n) is 7.32. The van der Waals surface area contributed by atoms with Gasteiger partial charge in [0.2, 0.25) is 0 Å². The van der Waals surface area contributed by atoms with E-state index in [0.29, 0.717) is 17.2 Å². The molecule has 0 unspecified atom stereocenters. The maximum atomic E-state index is 6.27. The topological polar surface area (TPSA) is 52.6 Å². The Bertz CT molecular complexity index is 1400. The van der Waals surface area contributed by atoms with Crippen LogP contribution in [0.3, 0.4) is 0 Å². The summed E-state index contributed by atoms with van der Waals surface area (Å²) in [5, 5.41) is 6.54. The van der Waals surface area contributed by atoms with E-state index in [1.807, 2.05) is 66.7 Å². The number of hydrogen-bond acceptors (Lipinski definition) is 5. The first-order valence-corrected chi connectivity index (χ1v) is 10.3. The highest BCUT2D eigenvalue weighted by Crippen LogP contribution is 2.38. The van der Waals surface area contributed by atoms with Gasteiger partial charge in [0.05, 0.1) is 19.7 Å². The van der Waals surface area contributed by atoms with Crippen LogP contribution in [-0.4, -0.2) is 19.2 Å². The van der Waals surface area contributed by atoms with Gasteiger partial charge in [0.15, 0.2) is 11.5 Å². The van der Waals surface area contributed by atoms with Crippen LogP contribution in [0.15, 0.2) is 91.1 Å². The quantitative estimate of drug-likeness (QED) is 0.321. The van der Waals surface area contributed by atoms with Gasteiger partial charge in [-0.15, -0.1) is 0 Å². The van der Waals surface area contributed by atoms with E-state index in [4.69, 9.17) is 14.2 Å². The molecular weight excluding hydrogens is 400 g/mol. The average molecular weight is 422 g/mol. The minimum absolute atomic E-state index is 0.632. The predicted molar refractivity (Wildman–Crippen MR) is 129 cm³/mol. The number of methoxy groups -OCH3 is 2. The maximum Gasteiger partial charge on any atom is 0.162 e. The van der Waals surface area contributed by atoms with Crippen molar-refractivity contribution < 1.29 is 14.2 Å². The number of hydrogen-bond donors (Lipinski definition) is 1. The minimum atomic E-state index is 0.632. The summed E-state index contributed by atoms with van der Waals surface area (Å²) in [6.07, 6.45) is 1.73. The lowest BCUT2D eigenvalue weighted by Gasteiger charge is -2.14. The van der Waals surface area contributed by atoms with Gasteiger partial charge < -0.3 is 19.5 Å². The molecule has 0 atom stereocenters. The Morgan fingerprint density at radius 2 is 1.50 bits per heavy atom. The normalized spacial score (nSPS) is 10.8. The molecule has 5 nitrogen and oxygen atoms in total. The first-order valence-electron chi connectivity index (χ1n) is 10.3. The smallest absolute Gasteiger partial charge is 0.162 e. The molecule has 0 saturated carbocycles. The molecule has 1 heterocycles. The monoisotopic (exact) mass is 422 g/mol. The number of benzene rings is 4. The van der Waals surface area contributed by atoms with Crippen LogP contribution in [0.1, 0.15) is 0 Å². The van der Waals surface area contributed by atoms with Crippen LogP contribution in [-0.2, 0) is 0 Å². The van der Waals surface area contributed by atoms with E-state index in [2.05, 4.69) is 28.5 Å². The minimum Gasteiger partial charge on any atom is -0.493 e. The van der Waals surface area contributed by atoms with Gasteiger partial charge in [0.1, 0.15) is 11.5 Å². The molecule has 0 radical (unpaired) electrons. The molecule has 5 heteroatoms. The van der Waals surface area contributed by atoms with Crippen molar-refractivity contribution >= 4 is 33.1 Å². The number of pyridine rings is 1. The molecule has 0 bridgehead atoms. The Balaban J connectivity index is 1.50. The summed E-state index contributed by atoms with van der Waals surface area (Å²) < 4.78 is 17.1. The molecule has 0 aliphatic rings. The number of aromatic nitrogens is 1. The van der Waals surface area contributed by atoms with E-state index in [0.717, 1.165) is 38.8 Å². The molecule has 0 aliphatic heterocycles. The Morgan fingerprint density at radius 3 is 2.31 bits per heavy atom. The summed E-state index contributed by atoms with van der Waals surface area (Å²) in [4.78, 5) is 4.45. The molecule has 0 spiro atoms. The lowest BCUT2D eigenvalue weighted by molar-refractivity contribution is 0.355. The van der Waals surface area contributed by atoms with E-state index in [1.54, 1.807) is 20.4 Å². The number of rotatable bonds is 6. The second kappa shape index (κ2) is 8.47. The molecular formula is C27H22N2O3.